The molecule has 2 aromatic heterocycles. The van der Waals surface area contributed by atoms with E-state index < -0.39 is 5.97 Å². The lowest BCUT2D eigenvalue weighted by molar-refractivity contribution is 0.0699. The van der Waals surface area contributed by atoms with Gasteiger partial charge in [0.2, 0.25) is 0 Å². The first kappa shape index (κ1) is 10.0. The third-order valence-corrected chi connectivity index (χ3v) is 3.37. The third kappa shape index (κ3) is 1.52. The first-order valence-corrected chi connectivity index (χ1v) is 5.87. The monoisotopic (exact) mass is 244 g/mol. The maximum atomic E-state index is 11.2. The molecule has 0 saturated heterocycles. The Balaban J connectivity index is 2.37. The van der Waals surface area contributed by atoms with Gasteiger partial charge >= 0.3 is 5.97 Å². The van der Waals surface area contributed by atoms with Gasteiger partial charge in [-0.25, -0.2) is 4.79 Å². The van der Waals surface area contributed by atoms with Gasteiger partial charge in [0.05, 0.1) is 22.8 Å². The molecule has 5 heteroatoms. The molecule has 0 aliphatic heterocycles. The summed E-state index contributed by atoms with van der Waals surface area (Å²) in [7, 11) is 0. The smallest absolute Gasteiger partial charge is 0.337 e. The van der Waals surface area contributed by atoms with Gasteiger partial charge in [0.15, 0.2) is 0 Å². The van der Waals surface area contributed by atoms with Crippen LogP contribution >= 0.6 is 11.3 Å². The van der Waals surface area contributed by atoms with E-state index in [0.717, 1.165) is 15.9 Å². The van der Waals surface area contributed by atoms with Crippen molar-refractivity contribution in [2.75, 3.05) is 0 Å². The van der Waals surface area contributed by atoms with E-state index in [2.05, 4.69) is 4.98 Å². The third-order valence-electron chi connectivity index (χ3n) is 2.60. The second-order valence-electron chi connectivity index (χ2n) is 3.57. The summed E-state index contributed by atoms with van der Waals surface area (Å²) in [5, 5.41) is 10.8. The van der Waals surface area contributed by atoms with Crippen molar-refractivity contribution in [3.05, 3.63) is 47.7 Å². The van der Waals surface area contributed by atoms with Gasteiger partial charge in [-0.05, 0) is 6.07 Å². The number of carboxylic acid groups (broad SMARTS) is 1. The van der Waals surface area contributed by atoms with Crippen LogP contribution in [-0.2, 0) is 0 Å². The van der Waals surface area contributed by atoms with Crippen LogP contribution in [0.2, 0.25) is 0 Å². The van der Waals surface area contributed by atoms with Gasteiger partial charge in [-0.1, -0.05) is 18.2 Å². The molecule has 2 heterocycles. The lowest BCUT2D eigenvalue weighted by Crippen LogP contribution is -1.94. The molecule has 0 unspecified atom stereocenters. The minimum Gasteiger partial charge on any atom is -0.478 e. The first-order valence-electron chi connectivity index (χ1n) is 4.99. The van der Waals surface area contributed by atoms with E-state index in [1.165, 1.54) is 11.3 Å². The number of thiazole rings is 1. The Morgan fingerprint density at radius 2 is 2.18 bits per heavy atom. The van der Waals surface area contributed by atoms with Gasteiger partial charge in [0, 0.05) is 11.6 Å². The molecule has 3 aromatic rings. The molecule has 0 radical (unpaired) electrons. The number of hydrogen-bond donors (Lipinski definition) is 1. The molecule has 1 N–H and O–H groups in total. The number of fused-ring (bicyclic) bond motifs is 1. The van der Waals surface area contributed by atoms with Crippen molar-refractivity contribution < 1.29 is 9.90 Å². The number of para-hydroxylation sites is 1. The molecular formula is C12H8N2O2S. The van der Waals surface area contributed by atoms with E-state index in [1.54, 1.807) is 17.9 Å². The highest BCUT2D eigenvalue weighted by molar-refractivity contribution is 7.12. The van der Waals surface area contributed by atoms with Gasteiger partial charge in [0.25, 0.3) is 0 Å². The van der Waals surface area contributed by atoms with E-state index in [4.69, 9.17) is 5.11 Å². The van der Waals surface area contributed by atoms with Crippen LogP contribution in [0.5, 0.6) is 0 Å². The average Bonchev–Trinajstić information content (AvgIpc) is 2.95. The van der Waals surface area contributed by atoms with Crippen molar-refractivity contribution in [1.29, 1.82) is 0 Å². The normalized spacial score (nSPS) is 10.8. The van der Waals surface area contributed by atoms with Crippen molar-refractivity contribution >= 4 is 28.2 Å². The molecule has 0 aliphatic carbocycles. The molecule has 0 spiro atoms. The van der Waals surface area contributed by atoms with Crippen LogP contribution in [0.25, 0.3) is 15.9 Å². The van der Waals surface area contributed by atoms with E-state index in [-0.39, 0.29) is 0 Å². The van der Waals surface area contributed by atoms with Crippen LogP contribution in [0.3, 0.4) is 0 Å². The molecule has 84 valence electrons. The fraction of sp³-hybridized carbons (Fsp3) is 0. The lowest BCUT2D eigenvalue weighted by atomic mass is 10.2. The molecular weight excluding hydrogens is 236 g/mol. The highest BCUT2D eigenvalue weighted by atomic mass is 32.1. The largest absolute Gasteiger partial charge is 0.478 e. The Hall–Kier alpha value is -2.14. The molecule has 0 atom stereocenters. The molecule has 4 nitrogen and oxygen atoms in total. The molecule has 17 heavy (non-hydrogen) atoms. The standard InChI is InChI=1S/C12H8N2O2S/c15-12(16)9-6-14(11-5-13-7-17-11)10-4-2-1-3-8(9)10/h1-7H,(H,15,16). The van der Waals surface area contributed by atoms with Crippen molar-refractivity contribution in [3.63, 3.8) is 0 Å². The number of benzene rings is 1. The maximum absolute atomic E-state index is 11.2. The SMILES string of the molecule is O=C(O)c1cn(-c2cncs2)c2ccccc12. The van der Waals surface area contributed by atoms with E-state index >= 15 is 0 Å². The second kappa shape index (κ2) is 3.71. The van der Waals surface area contributed by atoms with Crippen molar-refractivity contribution in [2.24, 2.45) is 0 Å². The van der Waals surface area contributed by atoms with Crippen molar-refractivity contribution in [2.45, 2.75) is 0 Å². The zero-order valence-electron chi connectivity index (χ0n) is 8.70. The van der Waals surface area contributed by atoms with E-state index in [0.29, 0.717) is 5.56 Å². The van der Waals surface area contributed by atoms with Gasteiger partial charge in [-0.3, -0.25) is 4.98 Å². The average molecular weight is 244 g/mol. The first-order chi connectivity index (χ1) is 8.27. The summed E-state index contributed by atoms with van der Waals surface area (Å²) in [5.74, 6) is -0.913. The van der Waals surface area contributed by atoms with E-state index in [9.17, 15) is 4.79 Å². The van der Waals surface area contributed by atoms with Gasteiger partial charge < -0.3 is 9.67 Å². The minimum atomic E-state index is -0.913. The fourth-order valence-corrected chi connectivity index (χ4v) is 2.48. The fourth-order valence-electron chi connectivity index (χ4n) is 1.86. The maximum Gasteiger partial charge on any atom is 0.337 e. The number of carbonyl (C=O) groups is 1. The molecule has 3 rings (SSSR count). The van der Waals surface area contributed by atoms with Crippen molar-refractivity contribution in [1.82, 2.24) is 9.55 Å². The number of hydrogen-bond acceptors (Lipinski definition) is 3. The number of nitrogens with zero attached hydrogens (tertiary/aromatic N) is 2. The molecule has 0 saturated carbocycles. The van der Waals surface area contributed by atoms with Crippen LogP contribution in [-0.4, -0.2) is 20.6 Å². The molecule has 0 amide bonds. The second-order valence-corrected chi connectivity index (χ2v) is 4.44. The predicted molar refractivity (Wildman–Crippen MR) is 65.9 cm³/mol. The predicted octanol–water partition coefficient (Wildman–Crippen LogP) is 2.79. The molecule has 1 aromatic carbocycles. The Morgan fingerprint density at radius 3 is 2.88 bits per heavy atom. The van der Waals surface area contributed by atoms with Crippen LogP contribution in [0.1, 0.15) is 10.4 Å². The van der Waals surface area contributed by atoms with Crippen LogP contribution in [0.4, 0.5) is 0 Å². The quantitative estimate of drug-likeness (QED) is 0.754. The minimum absolute atomic E-state index is 0.314. The van der Waals surface area contributed by atoms with Crippen LogP contribution in [0.15, 0.2) is 42.2 Å². The Labute approximate surface area is 101 Å². The van der Waals surface area contributed by atoms with Gasteiger partial charge in [-0.15, -0.1) is 11.3 Å². The van der Waals surface area contributed by atoms with E-state index in [1.807, 2.05) is 28.8 Å². The highest BCUT2D eigenvalue weighted by Crippen LogP contribution is 2.26. The summed E-state index contributed by atoms with van der Waals surface area (Å²) < 4.78 is 1.86. The summed E-state index contributed by atoms with van der Waals surface area (Å²) in [4.78, 5) is 15.2. The summed E-state index contributed by atoms with van der Waals surface area (Å²) >= 11 is 1.47. The number of aromatic carboxylic acids is 1. The number of aromatic nitrogens is 2. The van der Waals surface area contributed by atoms with Crippen LogP contribution < -0.4 is 0 Å². The highest BCUT2D eigenvalue weighted by Gasteiger charge is 2.14. The summed E-state index contributed by atoms with van der Waals surface area (Å²) in [6.07, 6.45) is 3.36. The number of carboxylic acids is 1. The van der Waals surface area contributed by atoms with Gasteiger partial charge in [-0.2, -0.15) is 0 Å². The summed E-state index contributed by atoms with van der Waals surface area (Å²) in [5.41, 5.74) is 2.92. The van der Waals surface area contributed by atoms with Crippen LogP contribution in [0, 0.1) is 0 Å². The summed E-state index contributed by atoms with van der Waals surface area (Å²) in [6, 6.07) is 7.45. The van der Waals surface area contributed by atoms with Crippen molar-refractivity contribution in [3.8, 4) is 5.00 Å². The zero-order chi connectivity index (χ0) is 11.8. The van der Waals surface area contributed by atoms with Gasteiger partial charge in [0.1, 0.15) is 5.00 Å². The Bertz CT molecular complexity index is 686. The molecule has 0 fully saturated rings. The Kier molecular flexibility index (Phi) is 2.19. The summed E-state index contributed by atoms with van der Waals surface area (Å²) in [6.45, 7) is 0. The molecule has 0 aliphatic rings. The topological polar surface area (TPSA) is 55.1 Å². The molecule has 0 bridgehead atoms. The Morgan fingerprint density at radius 1 is 1.35 bits per heavy atom. The number of rotatable bonds is 2. The zero-order valence-corrected chi connectivity index (χ0v) is 9.52. The lowest BCUT2D eigenvalue weighted by Gasteiger charge is -1.99.